The van der Waals surface area contributed by atoms with Crippen LogP contribution in [0.2, 0.25) is 0 Å². The number of thiophene rings is 1. The van der Waals surface area contributed by atoms with E-state index in [1.54, 1.807) is 30.5 Å². The van der Waals surface area contributed by atoms with Crippen molar-refractivity contribution in [3.05, 3.63) is 63.9 Å². The molecule has 0 aliphatic rings. The molecule has 0 saturated heterocycles. The van der Waals surface area contributed by atoms with Gasteiger partial charge in [0.2, 0.25) is 0 Å². The van der Waals surface area contributed by atoms with Crippen LogP contribution in [-0.2, 0) is 4.79 Å². The monoisotopic (exact) mass is 315 g/mol. The molecule has 112 valence electrons. The Bertz CT molecular complexity index is 709. The van der Waals surface area contributed by atoms with Crippen LogP contribution >= 0.6 is 11.3 Å². The van der Waals surface area contributed by atoms with Crippen LogP contribution in [0.25, 0.3) is 6.08 Å². The molecule has 0 atom stereocenters. The Balaban J connectivity index is 2.00. The van der Waals surface area contributed by atoms with Crippen LogP contribution in [0.4, 0.5) is 0 Å². The summed E-state index contributed by atoms with van der Waals surface area (Å²) in [6.45, 7) is 0. The molecule has 1 heterocycles. The zero-order chi connectivity index (χ0) is 15.8. The number of hydrazone groups is 1. The average molecular weight is 315 g/mol. The second-order valence-electron chi connectivity index (χ2n) is 4.15. The van der Waals surface area contributed by atoms with E-state index >= 15 is 0 Å². The lowest BCUT2D eigenvalue weighted by molar-refractivity contribution is -0.124. The van der Waals surface area contributed by atoms with Crippen molar-refractivity contribution in [3.8, 4) is 0 Å². The van der Waals surface area contributed by atoms with Crippen molar-refractivity contribution in [3.63, 3.8) is 0 Å². The molecular weight excluding hydrogens is 302 g/mol. The Kier molecular flexibility index (Phi) is 5.58. The van der Waals surface area contributed by atoms with Gasteiger partial charge in [0.1, 0.15) is 0 Å². The number of amides is 2. The molecule has 0 radical (unpaired) electrons. The molecule has 3 N–H and O–H groups in total. The molecule has 2 rings (SSSR count). The molecule has 2 aromatic rings. The first kappa shape index (κ1) is 15.6. The first-order valence-electron chi connectivity index (χ1n) is 6.28. The highest BCUT2D eigenvalue weighted by atomic mass is 32.1. The minimum Gasteiger partial charge on any atom is -0.288 e. The maximum Gasteiger partial charge on any atom is 0.271 e. The second kappa shape index (κ2) is 7.87. The standard InChI is InChI=1S/C15H13N3O3S/c19-14(18-21)7-6-11-3-1-4-12(9-11)15(20)17-16-10-13-5-2-8-22-13/h1-10,21H,(H,17,20)(H,18,19)/b7-6+,16-10+. The topological polar surface area (TPSA) is 90.8 Å². The quantitative estimate of drug-likeness (QED) is 0.341. The fraction of sp³-hybridized carbons (Fsp3) is 0. The van der Waals surface area contributed by atoms with E-state index in [4.69, 9.17) is 5.21 Å². The van der Waals surface area contributed by atoms with Crippen molar-refractivity contribution in [2.45, 2.75) is 0 Å². The average Bonchev–Trinajstić information content (AvgIpc) is 3.06. The summed E-state index contributed by atoms with van der Waals surface area (Å²) < 4.78 is 0. The molecule has 0 unspecified atom stereocenters. The van der Waals surface area contributed by atoms with Crippen molar-refractivity contribution < 1.29 is 14.8 Å². The first-order chi connectivity index (χ1) is 10.7. The summed E-state index contributed by atoms with van der Waals surface area (Å²) in [5.41, 5.74) is 4.99. The van der Waals surface area contributed by atoms with Crippen LogP contribution in [0.3, 0.4) is 0 Å². The van der Waals surface area contributed by atoms with Crippen LogP contribution in [0.15, 0.2) is 53.0 Å². The van der Waals surface area contributed by atoms with Crippen molar-refractivity contribution >= 4 is 35.4 Å². The van der Waals surface area contributed by atoms with Gasteiger partial charge in [-0.1, -0.05) is 18.2 Å². The number of carbonyl (C=O) groups excluding carboxylic acids is 2. The Labute approximate surface area is 130 Å². The number of hydrogen-bond acceptors (Lipinski definition) is 5. The van der Waals surface area contributed by atoms with Gasteiger partial charge in [0.05, 0.1) is 6.21 Å². The SMILES string of the molecule is O=C(/C=C/c1cccc(C(=O)N/N=C/c2cccs2)c1)NO. The molecule has 0 aliphatic heterocycles. The van der Waals surface area contributed by atoms with Gasteiger partial charge in [-0.2, -0.15) is 5.10 Å². The molecular formula is C15H13N3O3S. The number of benzene rings is 1. The molecule has 0 bridgehead atoms. The summed E-state index contributed by atoms with van der Waals surface area (Å²) in [5, 5.41) is 14.2. The van der Waals surface area contributed by atoms with E-state index in [1.807, 2.05) is 17.5 Å². The lowest BCUT2D eigenvalue weighted by atomic mass is 10.1. The molecule has 6 nitrogen and oxygen atoms in total. The van der Waals surface area contributed by atoms with Gasteiger partial charge in [-0.25, -0.2) is 10.9 Å². The summed E-state index contributed by atoms with van der Waals surface area (Å²) in [5.74, 6) is -0.995. The highest BCUT2D eigenvalue weighted by molar-refractivity contribution is 7.11. The number of carbonyl (C=O) groups is 2. The number of hydrogen-bond donors (Lipinski definition) is 3. The predicted molar refractivity (Wildman–Crippen MR) is 84.8 cm³/mol. The Morgan fingerprint density at radius 1 is 1.23 bits per heavy atom. The van der Waals surface area contributed by atoms with Gasteiger partial charge in [0, 0.05) is 16.5 Å². The van der Waals surface area contributed by atoms with E-state index in [-0.39, 0.29) is 5.91 Å². The number of nitrogens with zero attached hydrogens (tertiary/aromatic N) is 1. The molecule has 0 fully saturated rings. The molecule has 0 saturated carbocycles. The van der Waals surface area contributed by atoms with E-state index in [2.05, 4.69) is 10.5 Å². The Hall–Kier alpha value is -2.77. The van der Waals surface area contributed by atoms with Gasteiger partial charge in [-0.05, 0) is 35.2 Å². The van der Waals surface area contributed by atoms with Crippen molar-refractivity contribution in [2.75, 3.05) is 0 Å². The minimum absolute atomic E-state index is 0.352. The van der Waals surface area contributed by atoms with Gasteiger partial charge in [0.25, 0.3) is 11.8 Å². The summed E-state index contributed by atoms with van der Waals surface area (Å²) in [4.78, 5) is 23.8. The van der Waals surface area contributed by atoms with E-state index in [9.17, 15) is 9.59 Å². The molecule has 22 heavy (non-hydrogen) atoms. The lowest BCUT2D eigenvalue weighted by Gasteiger charge is -2.01. The predicted octanol–water partition coefficient (Wildman–Crippen LogP) is 2.03. The third-order valence-electron chi connectivity index (χ3n) is 2.59. The summed E-state index contributed by atoms with van der Waals surface area (Å²) in [7, 11) is 0. The summed E-state index contributed by atoms with van der Waals surface area (Å²) >= 11 is 1.52. The van der Waals surface area contributed by atoms with Crippen LogP contribution in [-0.4, -0.2) is 23.2 Å². The van der Waals surface area contributed by atoms with Gasteiger partial charge in [0.15, 0.2) is 0 Å². The molecule has 1 aromatic carbocycles. The molecule has 1 aromatic heterocycles. The number of rotatable bonds is 5. The highest BCUT2D eigenvalue weighted by Crippen LogP contribution is 2.08. The van der Waals surface area contributed by atoms with Crippen molar-refractivity contribution in [1.82, 2.24) is 10.9 Å². The maximum absolute atomic E-state index is 12.0. The fourth-order valence-electron chi connectivity index (χ4n) is 1.58. The van der Waals surface area contributed by atoms with Crippen LogP contribution in [0.5, 0.6) is 0 Å². The van der Waals surface area contributed by atoms with Crippen LogP contribution in [0.1, 0.15) is 20.8 Å². The third-order valence-corrected chi connectivity index (χ3v) is 3.39. The number of nitrogens with one attached hydrogen (secondary N) is 2. The van der Waals surface area contributed by atoms with Gasteiger partial charge >= 0.3 is 0 Å². The fourth-order valence-corrected chi connectivity index (χ4v) is 2.16. The molecule has 2 amide bonds. The highest BCUT2D eigenvalue weighted by Gasteiger charge is 2.04. The Morgan fingerprint density at radius 2 is 2.09 bits per heavy atom. The number of hydroxylamine groups is 1. The summed E-state index contributed by atoms with van der Waals surface area (Å²) in [6, 6.07) is 10.4. The smallest absolute Gasteiger partial charge is 0.271 e. The van der Waals surface area contributed by atoms with Crippen molar-refractivity contribution in [2.24, 2.45) is 5.10 Å². The van der Waals surface area contributed by atoms with E-state index in [0.717, 1.165) is 11.0 Å². The third kappa shape index (κ3) is 4.65. The lowest BCUT2D eigenvalue weighted by Crippen LogP contribution is -2.17. The largest absolute Gasteiger partial charge is 0.288 e. The van der Waals surface area contributed by atoms with E-state index < -0.39 is 5.91 Å². The van der Waals surface area contributed by atoms with Gasteiger partial charge in [-0.3, -0.25) is 14.8 Å². The van der Waals surface area contributed by atoms with Gasteiger partial charge in [-0.15, -0.1) is 11.3 Å². The van der Waals surface area contributed by atoms with E-state index in [1.165, 1.54) is 22.9 Å². The zero-order valence-corrected chi connectivity index (χ0v) is 12.2. The first-order valence-corrected chi connectivity index (χ1v) is 7.16. The van der Waals surface area contributed by atoms with Crippen LogP contribution < -0.4 is 10.9 Å². The normalized spacial score (nSPS) is 11.0. The zero-order valence-electron chi connectivity index (χ0n) is 11.4. The molecule has 7 heteroatoms. The Morgan fingerprint density at radius 3 is 2.82 bits per heavy atom. The summed E-state index contributed by atoms with van der Waals surface area (Å²) in [6.07, 6.45) is 4.21. The van der Waals surface area contributed by atoms with Gasteiger partial charge < -0.3 is 0 Å². The van der Waals surface area contributed by atoms with E-state index in [0.29, 0.717) is 11.1 Å². The second-order valence-corrected chi connectivity index (χ2v) is 5.13. The molecule has 0 aliphatic carbocycles. The van der Waals surface area contributed by atoms with Crippen molar-refractivity contribution in [1.29, 1.82) is 0 Å². The minimum atomic E-state index is -0.643. The maximum atomic E-state index is 12.0. The molecule has 0 spiro atoms. The van der Waals surface area contributed by atoms with Crippen LogP contribution in [0, 0.1) is 0 Å².